The number of nitrogens with one attached hydrogen (secondary N) is 2. The smallest absolute Gasteiger partial charge is 0.321 e. The van der Waals surface area contributed by atoms with Gasteiger partial charge in [-0.05, 0) is 31.7 Å². The van der Waals surface area contributed by atoms with Gasteiger partial charge in [0.05, 0.1) is 16.3 Å². The Morgan fingerprint density at radius 1 is 1.24 bits per heavy atom. The molecule has 0 saturated heterocycles. The first kappa shape index (κ1) is 17.7. The molecule has 1 rings (SSSR count). The lowest BCUT2D eigenvalue weighted by atomic mass is 10.1. The molecule has 7 heteroatoms. The summed E-state index contributed by atoms with van der Waals surface area (Å²) in [6, 6.07) is -0.562. The zero-order valence-corrected chi connectivity index (χ0v) is 14.0. The number of halogens is 2. The maximum Gasteiger partial charge on any atom is 0.321 e. The predicted octanol–water partition coefficient (Wildman–Crippen LogP) is 3.49. The van der Waals surface area contributed by atoms with Crippen molar-refractivity contribution < 1.29 is 9.59 Å². The van der Waals surface area contributed by atoms with Crippen LogP contribution >= 0.6 is 23.2 Å². The van der Waals surface area contributed by atoms with Crippen molar-refractivity contribution in [3.63, 3.8) is 0 Å². The number of pyridine rings is 1. The highest BCUT2D eigenvalue weighted by molar-refractivity contribution is 6.36. The summed E-state index contributed by atoms with van der Waals surface area (Å²) in [5, 5.41) is 5.23. The summed E-state index contributed by atoms with van der Waals surface area (Å²) in [5.74, 6) is -0.147. The lowest BCUT2D eigenvalue weighted by Gasteiger charge is -2.12. The Kier molecular flexibility index (Phi) is 6.42. The van der Waals surface area contributed by atoms with Crippen LogP contribution < -0.4 is 10.6 Å². The Morgan fingerprint density at radius 3 is 2.43 bits per heavy atom. The lowest BCUT2D eigenvalue weighted by molar-refractivity contribution is 0.0963. The molecule has 5 nitrogen and oxygen atoms in total. The maximum atomic E-state index is 12.1. The first-order valence-corrected chi connectivity index (χ1v) is 7.41. The van der Waals surface area contributed by atoms with Gasteiger partial charge in [-0.1, -0.05) is 37.0 Å². The van der Waals surface area contributed by atoms with E-state index in [2.05, 4.69) is 15.6 Å². The second-order valence-corrected chi connectivity index (χ2v) is 5.93. The van der Waals surface area contributed by atoms with Crippen LogP contribution in [0.15, 0.2) is 0 Å². The summed E-state index contributed by atoms with van der Waals surface area (Å²) in [5.41, 5.74) is 1.16. The number of urea groups is 1. The molecule has 0 aliphatic carbocycles. The minimum Gasteiger partial charge on any atom is -0.338 e. The van der Waals surface area contributed by atoms with Gasteiger partial charge in [0, 0.05) is 6.54 Å². The summed E-state index contributed by atoms with van der Waals surface area (Å²) in [7, 11) is 0. The third-order valence-electron chi connectivity index (χ3n) is 2.96. The molecule has 1 heterocycles. The van der Waals surface area contributed by atoms with Gasteiger partial charge >= 0.3 is 6.03 Å². The van der Waals surface area contributed by atoms with Crippen molar-refractivity contribution in [1.82, 2.24) is 15.6 Å². The minimum atomic E-state index is -0.617. The fourth-order valence-corrected chi connectivity index (χ4v) is 2.23. The molecule has 0 fully saturated rings. The number of hydrogen-bond acceptors (Lipinski definition) is 3. The molecule has 0 saturated carbocycles. The number of carbonyl (C=O) groups is 2. The van der Waals surface area contributed by atoms with E-state index in [9.17, 15) is 9.59 Å². The van der Waals surface area contributed by atoms with Crippen molar-refractivity contribution in [2.45, 2.75) is 34.1 Å². The zero-order chi connectivity index (χ0) is 16.2. The topological polar surface area (TPSA) is 71.1 Å². The number of aryl methyl sites for hydroxylation is 1. The fourth-order valence-electron chi connectivity index (χ4n) is 1.74. The molecule has 2 N–H and O–H groups in total. The van der Waals surface area contributed by atoms with Crippen LogP contribution in [0, 0.1) is 19.8 Å². The van der Waals surface area contributed by atoms with Crippen LogP contribution in [-0.4, -0.2) is 23.5 Å². The third kappa shape index (κ3) is 4.86. The van der Waals surface area contributed by atoms with Gasteiger partial charge in [-0.25, -0.2) is 9.78 Å². The van der Waals surface area contributed by atoms with Crippen LogP contribution in [-0.2, 0) is 0 Å². The van der Waals surface area contributed by atoms with E-state index in [1.807, 2.05) is 13.8 Å². The average Bonchev–Trinajstić information content (AvgIpc) is 2.35. The van der Waals surface area contributed by atoms with Gasteiger partial charge in [0.2, 0.25) is 0 Å². The quantitative estimate of drug-likeness (QED) is 0.829. The number of hydrogen-bond donors (Lipinski definition) is 2. The van der Waals surface area contributed by atoms with E-state index in [1.54, 1.807) is 13.8 Å². The molecule has 1 aromatic heterocycles. The van der Waals surface area contributed by atoms with E-state index in [0.717, 1.165) is 6.42 Å². The molecule has 21 heavy (non-hydrogen) atoms. The largest absolute Gasteiger partial charge is 0.338 e. The van der Waals surface area contributed by atoms with Gasteiger partial charge in [0.1, 0.15) is 5.15 Å². The van der Waals surface area contributed by atoms with Crippen molar-refractivity contribution in [1.29, 1.82) is 0 Å². The summed E-state index contributed by atoms with van der Waals surface area (Å²) in [6.45, 7) is 7.95. The Hall–Kier alpha value is -1.33. The van der Waals surface area contributed by atoms with Crippen LogP contribution in [0.3, 0.4) is 0 Å². The lowest BCUT2D eigenvalue weighted by Crippen LogP contribution is -2.40. The molecule has 0 radical (unpaired) electrons. The van der Waals surface area contributed by atoms with Crippen molar-refractivity contribution in [3.8, 4) is 0 Å². The van der Waals surface area contributed by atoms with Crippen LogP contribution in [0.1, 0.15) is 41.9 Å². The van der Waals surface area contributed by atoms with Crippen LogP contribution in [0.25, 0.3) is 0 Å². The molecule has 0 aliphatic rings. The van der Waals surface area contributed by atoms with E-state index >= 15 is 0 Å². The number of imide groups is 1. The van der Waals surface area contributed by atoms with Gasteiger partial charge < -0.3 is 5.32 Å². The molecule has 0 aliphatic heterocycles. The first-order chi connectivity index (χ1) is 9.73. The molecular formula is C14H19Cl2N3O2. The molecule has 116 valence electrons. The Labute approximate surface area is 134 Å². The van der Waals surface area contributed by atoms with E-state index in [-0.39, 0.29) is 10.7 Å². The number of rotatable bonds is 4. The van der Waals surface area contributed by atoms with Gasteiger partial charge in [0.15, 0.2) is 0 Å². The molecule has 0 unspecified atom stereocenters. The Balaban J connectivity index is 2.77. The molecule has 0 bridgehead atoms. The third-order valence-corrected chi connectivity index (χ3v) is 3.79. The Morgan fingerprint density at radius 2 is 1.86 bits per heavy atom. The van der Waals surface area contributed by atoms with Gasteiger partial charge in [-0.3, -0.25) is 10.1 Å². The second-order valence-electron chi connectivity index (χ2n) is 5.19. The van der Waals surface area contributed by atoms with Crippen molar-refractivity contribution >= 4 is 35.1 Å². The SMILES string of the molecule is Cc1nc(Cl)c(C(=O)NC(=O)NCCC(C)C)c(C)c1Cl. The highest BCUT2D eigenvalue weighted by atomic mass is 35.5. The van der Waals surface area contributed by atoms with Crippen molar-refractivity contribution in [3.05, 3.63) is 27.0 Å². The van der Waals surface area contributed by atoms with Gasteiger partial charge in [-0.2, -0.15) is 0 Å². The normalized spacial score (nSPS) is 10.6. The number of aromatic nitrogens is 1. The summed E-state index contributed by atoms with van der Waals surface area (Å²) < 4.78 is 0. The minimum absolute atomic E-state index is 0.0295. The van der Waals surface area contributed by atoms with Crippen LogP contribution in [0.5, 0.6) is 0 Å². The molecule has 3 amide bonds. The van der Waals surface area contributed by atoms with Crippen molar-refractivity contribution in [2.75, 3.05) is 6.54 Å². The van der Waals surface area contributed by atoms with E-state index in [0.29, 0.717) is 28.7 Å². The van der Waals surface area contributed by atoms with Crippen LogP contribution in [0.2, 0.25) is 10.2 Å². The van der Waals surface area contributed by atoms with Gasteiger partial charge in [-0.15, -0.1) is 0 Å². The monoisotopic (exact) mass is 331 g/mol. The first-order valence-electron chi connectivity index (χ1n) is 6.65. The van der Waals surface area contributed by atoms with E-state index in [1.165, 1.54) is 0 Å². The zero-order valence-electron chi connectivity index (χ0n) is 12.5. The number of nitrogens with zero attached hydrogens (tertiary/aromatic N) is 1. The molecule has 0 spiro atoms. The molecule has 0 atom stereocenters. The fraction of sp³-hybridized carbons (Fsp3) is 0.500. The Bertz CT molecular complexity index is 560. The van der Waals surface area contributed by atoms with E-state index < -0.39 is 11.9 Å². The number of carbonyl (C=O) groups excluding carboxylic acids is 2. The molecule has 1 aromatic rings. The summed E-state index contributed by atoms with van der Waals surface area (Å²) in [6.07, 6.45) is 0.833. The van der Waals surface area contributed by atoms with Crippen LogP contribution in [0.4, 0.5) is 4.79 Å². The summed E-state index contributed by atoms with van der Waals surface area (Å²) >= 11 is 12.0. The second kappa shape index (κ2) is 7.61. The summed E-state index contributed by atoms with van der Waals surface area (Å²) in [4.78, 5) is 27.7. The highest BCUT2D eigenvalue weighted by Gasteiger charge is 2.20. The standard InChI is InChI=1S/C14H19Cl2N3O2/c1-7(2)5-6-17-14(21)19-13(20)10-8(3)11(15)9(4)18-12(10)16/h7H,5-6H2,1-4H3,(H2,17,19,20,21). The van der Waals surface area contributed by atoms with Gasteiger partial charge in [0.25, 0.3) is 5.91 Å². The molecular weight excluding hydrogens is 313 g/mol. The average molecular weight is 332 g/mol. The molecule has 0 aromatic carbocycles. The van der Waals surface area contributed by atoms with Crippen molar-refractivity contribution in [2.24, 2.45) is 5.92 Å². The number of amides is 3. The predicted molar refractivity (Wildman–Crippen MR) is 84.1 cm³/mol. The maximum absolute atomic E-state index is 12.1. The van der Waals surface area contributed by atoms with E-state index in [4.69, 9.17) is 23.2 Å². The highest BCUT2D eigenvalue weighted by Crippen LogP contribution is 2.26.